The van der Waals surface area contributed by atoms with Crippen LogP contribution < -0.4 is 16.0 Å². The molecule has 0 spiro atoms. The van der Waals surface area contributed by atoms with E-state index in [9.17, 15) is 14.4 Å². The first kappa shape index (κ1) is 15.8. The Kier molecular flexibility index (Phi) is 6.02. The van der Waals surface area contributed by atoms with Crippen molar-refractivity contribution in [3.8, 4) is 0 Å². The van der Waals surface area contributed by atoms with E-state index in [-0.39, 0.29) is 30.1 Å². The van der Waals surface area contributed by atoms with Gasteiger partial charge in [0.25, 0.3) is 0 Å². The van der Waals surface area contributed by atoms with E-state index in [0.29, 0.717) is 19.5 Å². The predicted molar refractivity (Wildman–Crippen MR) is 78.4 cm³/mol. The summed E-state index contributed by atoms with van der Waals surface area (Å²) in [6, 6.07) is -0.425. The van der Waals surface area contributed by atoms with Gasteiger partial charge in [0.2, 0.25) is 17.7 Å². The van der Waals surface area contributed by atoms with Crippen LogP contribution in [0.15, 0.2) is 0 Å². The summed E-state index contributed by atoms with van der Waals surface area (Å²) < 4.78 is 0. The lowest BCUT2D eigenvalue weighted by molar-refractivity contribution is -0.129. The van der Waals surface area contributed by atoms with Gasteiger partial charge in [-0.15, -0.1) is 0 Å². The minimum Gasteiger partial charge on any atom is -0.355 e. The van der Waals surface area contributed by atoms with Crippen molar-refractivity contribution >= 4 is 17.7 Å². The Hall–Kier alpha value is -1.59. The van der Waals surface area contributed by atoms with E-state index in [2.05, 4.69) is 16.0 Å². The van der Waals surface area contributed by atoms with Crippen LogP contribution >= 0.6 is 0 Å². The van der Waals surface area contributed by atoms with Gasteiger partial charge in [-0.05, 0) is 32.1 Å². The molecule has 3 N–H and O–H groups in total. The Bertz CT molecular complexity index is 392. The quantitative estimate of drug-likeness (QED) is 0.689. The van der Waals surface area contributed by atoms with Crippen LogP contribution in [0.1, 0.15) is 51.4 Å². The summed E-state index contributed by atoms with van der Waals surface area (Å²) in [6.45, 7) is 1.03. The molecule has 3 amide bonds. The number of nitrogens with one attached hydrogen (secondary N) is 3. The molecule has 1 saturated heterocycles. The average molecular weight is 295 g/mol. The van der Waals surface area contributed by atoms with Gasteiger partial charge in [-0.2, -0.15) is 0 Å². The standard InChI is InChI=1S/C15H25N3O3/c19-13(18-12-7-3-4-9-16-15(12)21)8-10-17-14(20)11-5-1-2-6-11/h11-12H,1-10H2,(H,16,21)(H,17,20)(H,18,19). The van der Waals surface area contributed by atoms with E-state index >= 15 is 0 Å². The Balaban J connectivity index is 1.64. The van der Waals surface area contributed by atoms with Crippen molar-refractivity contribution in [2.45, 2.75) is 57.4 Å². The summed E-state index contributed by atoms with van der Waals surface area (Å²) in [5.74, 6) is -0.0900. The second-order valence-corrected chi connectivity index (χ2v) is 5.93. The maximum Gasteiger partial charge on any atom is 0.242 e. The summed E-state index contributed by atoms with van der Waals surface area (Å²) in [5.41, 5.74) is 0. The number of hydrogen-bond acceptors (Lipinski definition) is 3. The zero-order chi connectivity index (χ0) is 15.1. The van der Waals surface area contributed by atoms with Gasteiger partial charge in [-0.3, -0.25) is 14.4 Å². The monoisotopic (exact) mass is 295 g/mol. The predicted octanol–water partition coefficient (Wildman–Crippen LogP) is 0.468. The second-order valence-electron chi connectivity index (χ2n) is 5.93. The molecule has 1 aliphatic heterocycles. The molecule has 6 heteroatoms. The highest BCUT2D eigenvalue weighted by Gasteiger charge is 2.24. The van der Waals surface area contributed by atoms with Crippen LogP contribution in [-0.2, 0) is 14.4 Å². The van der Waals surface area contributed by atoms with E-state index in [4.69, 9.17) is 0 Å². The smallest absolute Gasteiger partial charge is 0.242 e. The Morgan fingerprint density at radius 3 is 2.57 bits per heavy atom. The maximum absolute atomic E-state index is 11.8. The van der Waals surface area contributed by atoms with Gasteiger partial charge >= 0.3 is 0 Å². The highest BCUT2D eigenvalue weighted by molar-refractivity contribution is 5.88. The number of amides is 3. The van der Waals surface area contributed by atoms with Gasteiger partial charge in [0, 0.05) is 25.4 Å². The van der Waals surface area contributed by atoms with Crippen LogP contribution in [0.4, 0.5) is 0 Å². The van der Waals surface area contributed by atoms with Crippen LogP contribution in [-0.4, -0.2) is 36.9 Å². The highest BCUT2D eigenvalue weighted by atomic mass is 16.2. The van der Waals surface area contributed by atoms with E-state index in [1.165, 1.54) is 0 Å². The molecule has 2 aliphatic rings. The van der Waals surface area contributed by atoms with Crippen LogP contribution in [0.2, 0.25) is 0 Å². The molecule has 0 bridgehead atoms. The lowest BCUT2D eigenvalue weighted by Crippen LogP contribution is -2.46. The van der Waals surface area contributed by atoms with E-state index in [0.717, 1.165) is 38.5 Å². The van der Waals surface area contributed by atoms with E-state index in [1.807, 2.05) is 0 Å². The molecule has 1 saturated carbocycles. The van der Waals surface area contributed by atoms with Crippen LogP contribution in [0.25, 0.3) is 0 Å². The Morgan fingerprint density at radius 2 is 1.81 bits per heavy atom. The van der Waals surface area contributed by atoms with Gasteiger partial charge < -0.3 is 16.0 Å². The normalized spacial score (nSPS) is 23.2. The molecule has 1 heterocycles. The van der Waals surface area contributed by atoms with Crippen LogP contribution in [0, 0.1) is 5.92 Å². The topological polar surface area (TPSA) is 87.3 Å². The van der Waals surface area contributed by atoms with Gasteiger partial charge in [-0.1, -0.05) is 12.8 Å². The molecule has 1 atom stereocenters. The first-order valence-corrected chi connectivity index (χ1v) is 8.01. The molecular weight excluding hydrogens is 270 g/mol. The van der Waals surface area contributed by atoms with Crippen molar-refractivity contribution in [1.82, 2.24) is 16.0 Å². The largest absolute Gasteiger partial charge is 0.355 e. The number of rotatable bonds is 5. The van der Waals surface area contributed by atoms with Gasteiger partial charge in [-0.25, -0.2) is 0 Å². The van der Waals surface area contributed by atoms with Crippen molar-refractivity contribution in [3.63, 3.8) is 0 Å². The SMILES string of the molecule is O=C(CCNC(=O)C1CCCC1)NC1CCCCNC1=O. The summed E-state index contributed by atoms with van der Waals surface area (Å²) in [6.07, 6.45) is 6.96. The Labute approximate surface area is 125 Å². The van der Waals surface area contributed by atoms with E-state index in [1.54, 1.807) is 0 Å². The van der Waals surface area contributed by atoms with Crippen LogP contribution in [0.3, 0.4) is 0 Å². The zero-order valence-corrected chi connectivity index (χ0v) is 12.5. The first-order chi connectivity index (χ1) is 10.2. The molecule has 0 aromatic carbocycles. The molecular formula is C15H25N3O3. The Morgan fingerprint density at radius 1 is 1.10 bits per heavy atom. The molecule has 0 aromatic rings. The van der Waals surface area contributed by atoms with Crippen molar-refractivity contribution in [2.75, 3.05) is 13.1 Å². The fraction of sp³-hybridized carbons (Fsp3) is 0.800. The van der Waals surface area contributed by atoms with Crippen molar-refractivity contribution in [1.29, 1.82) is 0 Å². The number of carbonyl (C=O) groups is 3. The highest BCUT2D eigenvalue weighted by Crippen LogP contribution is 2.24. The van der Waals surface area contributed by atoms with Crippen molar-refractivity contribution < 1.29 is 14.4 Å². The molecule has 21 heavy (non-hydrogen) atoms. The van der Waals surface area contributed by atoms with Crippen LogP contribution in [0.5, 0.6) is 0 Å². The summed E-state index contributed by atoms with van der Waals surface area (Å²) >= 11 is 0. The fourth-order valence-electron chi connectivity index (χ4n) is 2.98. The molecule has 1 unspecified atom stereocenters. The molecule has 1 aliphatic carbocycles. The molecule has 0 aromatic heterocycles. The summed E-state index contributed by atoms with van der Waals surface area (Å²) in [7, 11) is 0. The summed E-state index contributed by atoms with van der Waals surface area (Å²) in [5, 5.41) is 8.35. The second kappa shape index (κ2) is 8.00. The zero-order valence-electron chi connectivity index (χ0n) is 12.5. The third kappa shape index (κ3) is 5.02. The molecule has 2 fully saturated rings. The first-order valence-electron chi connectivity index (χ1n) is 8.01. The number of hydrogen-bond donors (Lipinski definition) is 3. The van der Waals surface area contributed by atoms with Gasteiger partial charge in [0.15, 0.2) is 0 Å². The van der Waals surface area contributed by atoms with E-state index < -0.39 is 6.04 Å². The van der Waals surface area contributed by atoms with Gasteiger partial charge in [0.05, 0.1) is 0 Å². The van der Waals surface area contributed by atoms with Crippen molar-refractivity contribution in [2.24, 2.45) is 5.92 Å². The lowest BCUT2D eigenvalue weighted by Gasteiger charge is -2.15. The summed E-state index contributed by atoms with van der Waals surface area (Å²) in [4.78, 5) is 35.3. The molecule has 118 valence electrons. The average Bonchev–Trinajstić information content (AvgIpc) is 2.92. The maximum atomic E-state index is 11.8. The minimum atomic E-state index is -0.425. The van der Waals surface area contributed by atoms with Crippen molar-refractivity contribution in [3.05, 3.63) is 0 Å². The fourth-order valence-corrected chi connectivity index (χ4v) is 2.98. The number of carbonyl (C=O) groups excluding carboxylic acids is 3. The molecule has 2 rings (SSSR count). The third-order valence-electron chi connectivity index (χ3n) is 4.25. The van der Waals surface area contributed by atoms with Gasteiger partial charge in [0.1, 0.15) is 6.04 Å². The lowest BCUT2D eigenvalue weighted by atomic mass is 10.1. The minimum absolute atomic E-state index is 0.0625. The third-order valence-corrected chi connectivity index (χ3v) is 4.25. The molecule has 0 radical (unpaired) electrons. The molecule has 6 nitrogen and oxygen atoms in total.